The van der Waals surface area contributed by atoms with Crippen molar-refractivity contribution in [1.82, 2.24) is 0 Å². The molecule has 1 fully saturated rings. The number of anilines is 1. The summed E-state index contributed by atoms with van der Waals surface area (Å²) in [6.45, 7) is 4.28. The summed E-state index contributed by atoms with van der Waals surface area (Å²) in [6, 6.07) is 2.78. The molecule has 1 saturated carbocycles. The van der Waals surface area contributed by atoms with E-state index in [4.69, 9.17) is 0 Å². The normalized spacial score (nSPS) is 27.4. The zero-order valence-corrected chi connectivity index (χ0v) is 11.6. The number of alkyl halides is 3. The molecule has 3 atom stereocenters. The van der Waals surface area contributed by atoms with E-state index in [1.165, 1.54) is 6.07 Å². The highest BCUT2D eigenvalue weighted by Crippen LogP contribution is 2.34. The number of hydrogen-bond donors (Lipinski definition) is 1. The van der Waals surface area contributed by atoms with Crippen molar-refractivity contribution in [3.63, 3.8) is 0 Å². The van der Waals surface area contributed by atoms with Crippen molar-refractivity contribution >= 4 is 5.69 Å². The number of hydrogen-bond acceptors (Lipinski definition) is 1. The molecule has 0 aliphatic heterocycles. The lowest BCUT2D eigenvalue weighted by Crippen LogP contribution is -2.33. The van der Waals surface area contributed by atoms with Gasteiger partial charge in [0.1, 0.15) is 5.82 Å². The third-order valence-electron chi connectivity index (χ3n) is 4.07. The summed E-state index contributed by atoms with van der Waals surface area (Å²) in [5.74, 6) is 0.201. The molecule has 0 spiro atoms. The van der Waals surface area contributed by atoms with Crippen LogP contribution in [0.25, 0.3) is 0 Å². The maximum atomic E-state index is 13.8. The predicted molar refractivity (Wildman–Crippen MR) is 71.0 cm³/mol. The first-order valence-electron chi connectivity index (χ1n) is 6.90. The van der Waals surface area contributed by atoms with E-state index in [-0.39, 0.29) is 11.7 Å². The average Bonchev–Trinajstić information content (AvgIpc) is 2.33. The monoisotopic (exact) mass is 289 g/mol. The summed E-state index contributed by atoms with van der Waals surface area (Å²) in [6.07, 6.45) is -1.47. The SMILES string of the molecule is CC1CCC(Nc2ccc(C(F)(F)F)cc2F)C(C)C1. The minimum absolute atomic E-state index is 0.123. The fraction of sp³-hybridized carbons (Fsp3) is 0.600. The second-order valence-electron chi connectivity index (χ2n) is 5.84. The fourth-order valence-electron chi connectivity index (χ4n) is 2.89. The van der Waals surface area contributed by atoms with E-state index in [0.29, 0.717) is 17.9 Å². The van der Waals surface area contributed by atoms with Gasteiger partial charge in [-0.1, -0.05) is 13.8 Å². The van der Waals surface area contributed by atoms with E-state index in [9.17, 15) is 17.6 Å². The molecule has 0 aromatic heterocycles. The summed E-state index contributed by atoms with van der Waals surface area (Å²) in [5.41, 5.74) is -0.796. The van der Waals surface area contributed by atoms with Crippen LogP contribution in [0.1, 0.15) is 38.7 Å². The molecule has 1 nitrogen and oxygen atoms in total. The van der Waals surface area contributed by atoms with Gasteiger partial charge >= 0.3 is 6.18 Å². The van der Waals surface area contributed by atoms with Crippen LogP contribution in [0.5, 0.6) is 0 Å². The molecule has 5 heteroatoms. The van der Waals surface area contributed by atoms with Crippen molar-refractivity contribution in [2.75, 3.05) is 5.32 Å². The molecule has 2 rings (SSSR count). The highest BCUT2D eigenvalue weighted by Gasteiger charge is 2.32. The quantitative estimate of drug-likeness (QED) is 0.748. The first kappa shape index (κ1) is 15.1. The summed E-state index contributed by atoms with van der Waals surface area (Å²) in [5, 5.41) is 3.06. The van der Waals surface area contributed by atoms with E-state index >= 15 is 0 Å². The maximum Gasteiger partial charge on any atom is 0.416 e. The topological polar surface area (TPSA) is 12.0 Å². The van der Waals surface area contributed by atoms with Gasteiger partial charge in [0.15, 0.2) is 0 Å². The highest BCUT2D eigenvalue weighted by atomic mass is 19.4. The van der Waals surface area contributed by atoms with Crippen molar-refractivity contribution in [2.45, 2.75) is 45.3 Å². The molecular formula is C15H19F4N. The fourth-order valence-corrected chi connectivity index (χ4v) is 2.89. The van der Waals surface area contributed by atoms with Crippen molar-refractivity contribution in [3.05, 3.63) is 29.6 Å². The van der Waals surface area contributed by atoms with E-state index in [1.54, 1.807) is 0 Å². The van der Waals surface area contributed by atoms with Crippen molar-refractivity contribution in [2.24, 2.45) is 11.8 Å². The van der Waals surface area contributed by atoms with Crippen molar-refractivity contribution in [1.29, 1.82) is 0 Å². The lowest BCUT2D eigenvalue weighted by Gasteiger charge is -2.34. The van der Waals surface area contributed by atoms with Gasteiger partial charge in [0.05, 0.1) is 11.3 Å². The molecule has 0 bridgehead atoms. The Hall–Kier alpha value is -1.26. The van der Waals surface area contributed by atoms with Gasteiger partial charge in [-0.15, -0.1) is 0 Å². The van der Waals surface area contributed by atoms with Crippen LogP contribution in [0.4, 0.5) is 23.2 Å². The molecule has 0 saturated heterocycles. The molecule has 3 unspecified atom stereocenters. The molecule has 0 amide bonds. The predicted octanol–water partition coefficient (Wildman–Crippen LogP) is 5.08. The van der Waals surface area contributed by atoms with Gasteiger partial charge in [0.2, 0.25) is 0 Å². The zero-order valence-electron chi connectivity index (χ0n) is 11.6. The highest BCUT2D eigenvalue weighted by molar-refractivity contribution is 5.47. The minimum atomic E-state index is -4.51. The summed E-state index contributed by atoms with van der Waals surface area (Å²) >= 11 is 0. The molecule has 1 aliphatic carbocycles. The van der Waals surface area contributed by atoms with E-state index in [2.05, 4.69) is 19.2 Å². The third-order valence-corrected chi connectivity index (χ3v) is 4.07. The largest absolute Gasteiger partial charge is 0.416 e. The standard InChI is InChI=1S/C15H19F4N/c1-9-3-5-13(10(2)7-9)20-14-6-4-11(8-12(14)16)15(17,18)19/h4,6,8-10,13,20H,3,5,7H2,1-2H3. The number of rotatable bonds is 2. The van der Waals surface area contributed by atoms with Crippen LogP contribution in [-0.4, -0.2) is 6.04 Å². The van der Waals surface area contributed by atoms with Gasteiger partial charge in [-0.3, -0.25) is 0 Å². The van der Waals surface area contributed by atoms with Crippen LogP contribution >= 0.6 is 0 Å². The lowest BCUT2D eigenvalue weighted by atomic mass is 9.80. The Morgan fingerprint density at radius 2 is 1.85 bits per heavy atom. The Bertz CT molecular complexity index is 469. The molecular weight excluding hydrogens is 270 g/mol. The molecule has 1 aromatic rings. The molecule has 0 heterocycles. The van der Waals surface area contributed by atoms with Gasteiger partial charge in [0, 0.05) is 6.04 Å². The van der Waals surface area contributed by atoms with Crippen LogP contribution in [0.15, 0.2) is 18.2 Å². The summed E-state index contributed by atoms with van der Waals surface area (Å²) in [7, 11) is 0. The lowest BCUT2D eigenvalue weighted by molar-refractivity contribution is -0.137. The van der Waals surface area contributed by atoms with Gasteiger partial charge in [-0.2, -0.15) is 13.2 Å². The van der Waals surface area contributed by atoms with E-state index in [1.807, 2.05) is 0 Å². The maximum absolute atomic E-state index is 13.8. The second kappa shape index (κ2) is 5.62. The molecule has 112 valence electrons. The summed E-state index contributed by atoms with van der Waals surface area (Å²) < 4.78 is 51.2. The van der Waals surface area contributed by atoms with Gasteiger partial charge in [-0.25, -0.2) is 4.39 Å². The minimum Gasteiger partial charge on any atom is -0.380 e. The molecule has 1 aromatic carbocycles. The zero-order chi connectivity index (χ0) is 14.9. The van der Waals surface area contributed by atoms with E-state index in [0.717, 1.165) is 25.3 Å². The van der Waals surface area contributed by atoms with Gasteiger partial charge in [-0.05, 0) is 49.3 Å². The Morgan fingerprint density at radius 3 is 2.40 bits per heavy atom. The molecule has 1 N–H and O–H groups in total. The van der Waals surface area contributed by atoms with Crippen molar-refractivity contribution in [3.8, 4) is 0 Å². The number of benzene rings is 1. The third kappa shape index (κ3) is 3.44. The number of nitrogens with one attached hydrogen (secondary N) is 1. The van der Waals surface area contributed by atoms with Gasteiger partial charge in [0.25, 0.3) is 0 Å². The van der Waals surface area contributed by atoms with Crippen LogP contribution < -0.4 is 5.32 Å². The Balaban J connectivity index is 2.10. The van der Waals surface area contributed by atoms with E-state index < -0.39 is 17.6 Å². The second-order valence-corrected chi connectivity index (χ2v) is 5.84. The van der Waals surface area contributed by atoms with Crippen LogP contribution in [0.2, 0.25) is 0 Å². The van der Waals surface area contributed by atoms with Crippen LogP contribution in [-0.2, 0) is 6.18 Å². The first-order chi connectivity index (χ1) is 9.27. The van der Waals surface area contributed by atoms with Crippen LogP contribution in [0.3, 0.4) is 0 Å². The molecule has 20 heavy (non-hydrogen) atoms. The first-order valence-corrected chi connectivity index (χ1v) is 6.90. The average molecular weight is 289 g/mol. The van der Waals surface area contributed by atoms with Crippen molar-refractivity contribution < 1.29 is 17.6 Å². The number of halogens is 4. The Kier molecular flexibility index (Phi) is 4.25. The molecule has 1 aliphatic rings. The van der Waals surface area contributed by atoms with Crippen LogP contribution in [0, 0.1) is 17.7 Å². The van der Waals surface area contributed by atoms with Gasteiger partial charge < -0.3 is 5.32 Å². The molecule has 0 radical (unpaired) electrons. The Morgan fingerprint density at radius 1 is 1.15 bits per heavy atom. The summed E-state index contributed by atoms with van der Waals surface area (Å²) in [4.78, 5) is 0. The Labute approximate surface area is 116 Å². The smallest absolute Gasteiger partial charge is 0.380 e.